The Kier molecular flexibility index (Phi) is 9.88. The summed E-state index contributed by atoms with van der Waals surface area (Å²) in [6.45, 7) is 0.341. The lowest BCUT2D eigenvalue weighted by Crippen LogP contribution is -2.32. The second kappa shape index (κ2) is 13.6. The number of ether oxygens (including phenoxy) is 3. The number of anilines is 1. The number of hydrogen-bond acceptors (Lipinski definition) is 9. The van der Waals surface area contributed by atoms with E-state index in [-0.39, 0.29) is 28.2 Å². The lowest BCUT2D eigenvalue weighted by molar-refractivity contribution is -0.118. The first-order valence-corrected chi connectivity index (χ1v) is 15.2. The molecule has 1 heterocycles. The highest BCUT2D eigenvalue weighted by Crippen LogP contribution is 2.39. The highest BCUT2D eigenvalue weighted by molar-refractivity contribution is 8.14. The fourth-order valence-electron chi connectivity index (χ4n) is 4.11. The van der Waals surface area contributed by atoms with Gasteiger partial charge in [-0.3, -0.25) is 14.5 Å². The van der Waals surface area contributed by atoms with Crippen LogP contribution in [0.2, 0.25) is 0 Å². The lowest BCUT2D eigenvalue weighted by Gasteiger charge is -2.17. The minimum absolute atomic E-state index is 0.0251. The molecule has 13 heteroatoms. The summed E-state index contributed by atoms with van der Waals surface area (Å²) in [4.78, 5) is 32.2. The second-order valence-electron chi connectivity index (χ2n) is 8.94. The van der Waals surface area contributed by atoms with Crippen LogP contribution in [0, 0.1) is 0 Å². The molecule has 0 saturated carbocycles. The fraction of sp³-hybridized carbons (Fsp3) is 0.207. The van der Waals surface area contributed by atoms with Crippen molar-refractivity contribution in [2.24, 2.45) is 10.1 Å². The number of carbonyl (C=O) groups is 2. The van der Waals surface area contributed by atoms with Gasteiger partial charge in [0.1, 0.15) is 5.70 Å². The van der Waals surface area contributed by atoms with Crippen molar-refractivity contribution in [2.45, 2.75) is 11.3 Å². The van der Waals surface area contributed by atoms with E-state index in [0.717, 1.165) is 17.3 Å². The number of rotatable bonds is 11. The average Bonchev–Trinajstić information content (AvgIpc) is 3.29. The third-order valence-corrected chi connectivity index (χ3v) is 8.02. The van der Waals surface area contributed by atoms with Crippen LogP contribution in [0.25, 0.3) is 6.08 Å². The zero-order chi connectivity index (χ0) is 30.3. The van der Waals surface area contributed by atoms with E-state index in [1.54, 1.807) is 42.5 Å². The summed E-state index contributed by atoms with van der Waals surface area (Å²) in [6.07, 6.45) is 2.12. The van der Waals surface area contributed by atoms with Crippen LogP contribution in [0.15, 0.2) is 82.3 Å². The number of methoxy groups -OCH3 is 3. The van der Waals surface area contributed by atoms with Crippen LogP contribution in [-0.2, 0) is 26.0 Å². The SMILES string of the molecule is COc1cc(/C=C2/N=C(SCC(=O)NCCc3ccc(S(N)(=O)=O)cc3)N(c3ccccc3)C2=O)cc(OC)c1OC. The van der Waals surface area contributed by atoms with Gasteiger partial charge in [-0.25, -0.2) is 18.5 Å². The largest absolute Gasteiger partial charge is 0.493 e. The fourth-order valence-corrected chi connectivity index (χ4v) is 5.47. The molecule has 0 radical (unpaired) electrons. The van der Waals surface area contributed by atoms with Gasteiger partial charge in [-0.1, -0.05) is 42.1 Å². The molecule has 0 unspecified atom stereocenters. The Balaban J connectivity index is 1.48. The molecule has 3 aromatic carbocycles. The maximum atomic E-state index is 13.5. The number of amidine groups is 1. The first-order chi connectivity index (χ1) is 20.1. The van der Waals surface area contributed by atoms with Gasteiger partial charge < -0.3 is 19.5 Å². The van der Waals surface area contributed by atoms with Gasteiger partial charge in [-0.2, -0.15) is 0 Å². The molecule has 220 valence electrons. The van der Waals surface area contributed by atoms with Crippen LogP contribution >= 0.6 is 11.8 Å². The minimum atomic E-state index is -3.76. The van der Waals surface area contributed by atoms with Crippen molar-refractivity contribution in [1.82, 2.24) is 5.32 Å². The molecule has 2 amide bonds. The van der Waals surface area contributed by atoms with Gasteiger partial charge in [0, 0.05) is 6.54 Å². The Labute approximate surface area is 248 Å². The molecule has 3 aromatic rings. The molecule has 4 rings (SSSR count). The Morgan fingerprint density at radius 2 is 1.64 bits per heavy atom. The second-order valence-corrected chi connectivity index (χ2v) is 11.4. The van der Waals surface area contributed by atoms with Crippen LogP contribution in [0.4, 0.5) is 5.69 Å². The Hall–Kier alpha value is -4.33. The minimum Gasteiger partial charge on any atom is -0.493 e. The number of primary sulfonamides is 1. The molecule has 0 aliphatic carbocycles. The Morgan fingerprint density at radius 1 is 1.00 bits per heavy atom. The standard InChI is InChI=1S/C29H30N4O7S2/c1-38-24-16-20(17-25(39-2)27(24)40-3)15-23-28(35)33(21-7-5-4-6-8-21)29(32-23)41-18-26(34)31-14-13-19-9-11-22(12-10-19)42(30,36)37/h4-12,15-17H,13-14,18H2,1-3H3,(H,31,34)(H2,30,36,37)/b23-15+. The van der Waals surface area contributed by atoms with Gasteiger partial charge in [0.2, 0.25) is 21.7 Å². The van der Waals surface area contributed by atoms with Crippen molar-refractivity contribution in [3.8, 4) is 17.2 Å². The number of carbonyl (C=O) groups excluding carboxylic acids is 2. The van der Waals surface area contributed by atoms with E-state index in [1.807, 2.05) is 18.2 Å². The number of nitrogens with two attached hydrogens (primary N) is 1. The smallest absolute Gasteiger partial charge is 0.283 e. The number of thioether (sulfide) groups is 1. The van der Waals surface area contributed by atoms with Crippen LogP contribution in [-0.4, -0.2) is 59.0 Å². The van der Waals surface area contributed by atoms with Crippen molar-refractivity contribution >= 4 is 50.5 Å². The number of benzene rings is 3. The topological polar surface area (TPSA) is 150 Å². The van der Waals surface area contributed by atoms with E-state index in [0.29, 0.717) is 46.6 Å². The van der Waals surface area contributed by atoms with Gasteiger partial charge in [0.15, 0.2) is 16.7 Å². The van der Waals surface area contributed by atoms with Crippen molar-refractivity contribution < 1.29 is 32.2 Å². The monoisotopic (exact) mass is 610 g/mol. The van der Waals surface area contributed by atoms with E-state index >= 15 is 0 Å². The van der Waals surface area contributed by atoms with Crippen LogP contribution in [0.5, 0.6) is 17.2 Å². The van der Waals surface area contributed by atoms with Crippen molar-refractivity contribution in [2.75, 3.05) is 38.5 Å². The van der Waals surface area contributed by atoms with E-state index in [2.05, 4.69) is 10.3 Å². The van der Waals surface area contributed by atoms with Crippen LogP contribution in [0.3, 0.4) is 0 Å². The molecule has 0 saturated heterocycles. The predicted octanol–water partition coefficient (Wildman–Crippen LogP) is 3.20. The van der Waals surface area contributed by atoms with E-state index in [9.17, 15) is 18.0 Å². The summed E-state index contributed by atoms with van der Waals surface area (Å²) in [5.41, 5.74) is 2.26. The third-order valence-electron chi connectivity index (χ3n) is 6.15. The van der Waals surface area contributed by atoms with E-state index < -0.39 is 10.0 Å². The van der Waals surface area contributed by atoms with Gasteiger partial charge in [-0.15, -0.1) is 0 Å². The number of hydrogen-bond donors (Lipinski definition) is 2. The lowest BCUT2D eigenvalue weighted by atomic mass is 10.1. The highest BCUT2D eigenvalue weighted by atomic mass is 32.2. The van der Waals surface area contributed by atoms with Gasteiger partial charge in [0.05, 0.1) is 37.7 Å². The Bertz CT molecular complexity index is 1600. The number of nitrogens with one attached hydrogen (secondary N) is 1. The van der Waals surface area contributed by atoms with Crippen molar-refractivity contribution in [3.63, 3.8) is 0 Å². The predicted molar refractivity (Wildman–Crippen MR) is 162 cm³/mol. The number of aliphatic imine (C=N–C) groups is 1. The first-order valence-electron chi connectivity index (χ1n) is 12.7. The molecule has 0 atom stereocenters. The summed E-state index contributed by atoms with van der Waals surface area (Å²) in [5.74, 6) is 0.732. The maximum Gasteiger partial charge on any atom is 0.283 e. The van der Waals surface area contributed by atoms with Crippen LogP contribution < -0.4 is 29.6 Å². The first kappa shape index (κ1) is 30.6. The quantitative estimate of drug-likeness (QED) is 0.315. The zero-order valence-corrected chi connectivity index (χ0v) is 24.8. The summed E-state index contributed by atoms with van der Waals surface area (Å²) in [5, 5.41) is 8.33. The highest BCUT2D eigenvalue weighted by Gasteiger charge is 2.32. The summed E-state index contributed by atoms with van der Waals surface area (Å²) in [7, 11) is 0.764. The normalized spacial score (nSPS) is 14.1. The molecular weight excluding hydrogens is 580 g/mol. The molecule has 42 heavy (non-hydrogen) atoms. The van der Waals surface area contributed by atoms with Gasteiger partial charge in [-0.05, 0) is 60.0 Å². The molecule has 3 N–H and O–H groups in total. The average molecular weight is 611 g/mol. The maximum absolute atomic E-state index is 13.5. The van der Waals surface area contributed by atoms with Crippen molar-refractivity contribution in [3.05, 3.63) is 83.6 Å². The molecule has 1 aliphatic heterocycles. The van der Waals surface area contributed by atoms with E-state index in [1.165, 1.54) is 38.4 Å². The zero-order valence-electron chi connectivity index (χ0n) is 23.2. The van der Waals surface area contributed by atoms with Crippen LogP contribution in [0.1, 0.15) is 11.1 Å². The molecule has 1 aliphatic rings. The summed E-state index contributed by atoms with van der Waals surface area (Å²) in [6, 6.07) is 18.6. The van der Waals surface area contributed by atoms with Crippen molar-refractivity contribution in [1.29, 1.82) is 0 Å². The number of para-hydroxylation sites is 1. The summed E-state index contributed by atoms with van der Waals surface area (Å²) < 4.78 is 39.1. The number of nitrogens with zero attached hydrogens (tertiary/aromatic N) is 2. The molecule has 11 nitrogen and oxygen atoms in total. The number of sulfonamides is 1. The van der Waals surface area contributed by atoms with Gasteiger partial charge in [0.25, 0.3) is 5.91 Å². The Morgan fingerprint density at radius 3 is 2.21 bits per heavy atom. The van der Waals surface area contributed by atoms with E-state index in [4.69, 9.17) is 19.3 Å². The number of amides is 2. The van der Waals surface area contributed by atoms with Gasteiger partial charge >= 0.3 is 0 Å². The summed E-state index contributed by atoms with van der Waals surface area (Å²) >= 11 is 1.14. The third kappa shape index (κ3) is 7.29. The molecule has 0 aromatic heterocycles. The molecule has 0 bridgehead atoms. The molecular formula is C29H30N4O7S2. The molecule has 0 fully saturated rings. The molecule has 0 spiro atoms.